The van der Waals surface area contributed by atoms with Gasteiger partial charge in [-0.1, -0.05) is 65.7 Å². The maximum atomic E-state index is 10.9. The van der Waals surface area contributed by atoms with Crippen LogP contribution in [0.5, 0.6) is 0 Å². The number of hydrogen-bond donors (Lipinski definition) is 3. The average molecular weight is 1840 g/mol. The molecule has 0 saturated carbocycles. The summed E-state index contributed by atoms with van der Waals surface area (Å²) in [6, 6.07) is -2.26. The maximum absolute atomic E-state index is 10.9. The van der Waals surface area contributed by atoms with Crippen molar-refractivity contribution in [1.82, 2.24) is 0 Å². The third kappa shape index (κ3) is 73.2. The van der Waals surface area contributed by atoms with E-state index in [0.717, 1.165) is 6.42 Å². The molecule has 0 aromatic heterocycles. The summed E-state index contributed by atoms with van der Waals surface area (Å²) in [6.45, 7) is 19.7. The van der Waals surface area contributed by atoms with Gasteiger partial charge in [-0.15, -0.1) is 6.04 Å². The van der Waals surface area contributed by atoms with Crippen molar-refractivity contribution in [3.8, 4) is 0 Å². The smallest absolute Gasteiger partial charge is 0.144 e. The molecule has 0 aliphatic carbocycles. The first-order valence-electron chi connectivity index (χ1n) is 12.2. The number of nitrogens with one attached hydrogen (secondary N) is 2. The zero-order valence-electron chi connectivity index (χ0n) is 32.2. The molecule has 8 nitrogen and oxygen atoms in total. The van der Waals surface area contributed by atoms with Crippen LogP contribution in [-0.2, 0) is 505 Å². The molecule has 0 aromatic carbocycles. The largest absolute Gasteiger partial charge is 0.673 e. The summed E-state index contributed by atoms with van der Waals surface area (Å²) in [4.78, 5) is 0. The van der Waals surface area contributed by atoms with E-state index in [0.29, 0.717) is 0 Å². The second kappa shape index (κ2) is 79.4. The molecule has 2 aliphatic heterocycles. The van der Waals surface area contributed by atoms with Crippen molar-refractivity contribution in [1.29, 1.82) is 0 Å². The van der Waals surface area contributed by atoms with Crippen molar-refractivity contribution in [3.05, 3.63) is 39.7 Å². The number of rotatable bonds is 4. The first kappa shape index (κ1) is 116. The molecule has 4 unspecified atom stereocenters. The van der Waals surface area contributed by atoms with Gasteiger partial charge in [0, 0.05) is 510 Å². The fourth-order valence-corrected chi connectivity index (χ4v) is 3.07. The Bertz CT molecular complexity index is 547. The van der Waals surface area contributed by atoms with E-state index in [1.807, 2.05) is 20.8 Å². The van der Waals surface area contributed by atoms with Gasteiger partial charge in [-0.3, -0.25) is 4.39 Å². The van der Waals surface area contributed by atoms with Gasteiger partial charge in [-0.05, 0) is 19.0 Å². The van der Waals surface area contributed by atoms with Crippen molar-refractivity contribution in [2.24, 2.45) is 11.8 Å². The molecule has 2 rings (SSSR count). The van der Waals surface area contributed by atoms with E-state index >= 15 is 0 Å². The molecule has 25 heteroatoms. The van der Waals surface area contributed by atoms with Gasteiger partial charge in [0.15, 0.2) is 0 Å². The second-order valence-electron chi connectivity index (χ2n) is 8.86. The summed E-state index contributed by atoms with van der Waals surface area (Å²) in [5.41, 5.74) is 15.9. The van der Waals surface area contributed by atoms with Crippen LogP contribution in [0.25, 0.3) is 11.5 Å². The van der Waals surface area contributed by atoms with Crippen molar-refractivity contribution < 1.29 is 526 Å². The summed E-state index contributed by atoms with van der Waals surface area (Å²) in [5, 5.41) is 26.1. The molecule has 2 aliphatic rings. The van der Waals surface area contributed by atoms with Gasteiger partial charge >= 0.3 is 0 Å². The van der Waals surface area contributed by atoms with Gasteiger partial charge in [0.25, 0.3) is 0 Å². The van der Waals surface area contributed by atoms with Gasteiger partial charge in [0.1, 0.15) is 14.1 Å². The number of halogens is 1. The van der Waals surface area contributed by atoms with E-state index in [1.165, 1.54) is 6.92 Å². The first-order valence-corrected chi connectivity index (χ1v) is 11.7. The number of aliphatic hydroxyl groups excluding tert-OH is 3. The molecule has 0 bridgehead atoms. The molecule has 2 fully saturated rings. The molecule has 257 valence electrons. The minimum Gasteiger partial charge on any atom is -0.673 e. The predicted molar refractivity (Wildman–Crippen MR) is 141 cm³/mol. The van der Waals surface area contributed by atoms with E-state index in [2.05, 4.69) is 20.8 Å². The predicted octanol–water partition coefficient (Wildman–Crippen LogP) is 3.89. The number of alkyl halides is 1. The minimum atomic E-state index is -0.917. The summed E-state index contributed by atoms with van der Waals surface area (Å²) < 4.78 is 36.0. The van der Waals surface area contributed by atoms with Crippen LogP contribution in [0.2, 0.25) is 0 Å². The standard InChI is InChI=1S/C15H27BN2O4.C3H6F.2C3H7O.CH3.15Y/c1-4-10-8(3)13(19)12(18)15(22-10)20-6-9-5-7(2)11(17)14(16)21-9;3*1-3(2)4;;;;;;;;;;;;;;;;/h7-15,17-19H,4-6H2,1-3H3;3H,1H2,2H3;2*3-4H,1H2,2H3;1H3;;;;;;;;;;;;;;;/q-2;4*-1;;;;;;;;;;;;;;;/t7-,8+,9?,10?,11?,12?,13-,14-,15+;3*3-;;;;;;;;;;;;;;;;/m0000................/s1/i5D;;;;;;;;;;;;;;;;;;;/t5-,7-,8+,9?,10?,11?,12?,13-,14-,15+;;;;;;;;;;;;;;;;;;;. The topological polar surface area (TPSA) is 136 Å². The van der Waals surface area contributed by atoms with Crippen molar-refractivity contribution in [3.63, 3.8) is 0 Å². The Morgan fingerprint density at radius 2 is 1.10 bits per heavy atom. The van der Waals surface area contributed by atoms with Crippen molar-refractivity contribution in [2.75, 3.05) is 6.61 Å². The average Bonchev–Trinajstić information content (AvgIpc) is 2.72. The Balaban J connectivity index is -0.0000000216. The van der Waals surface area contributed by atoms with E-state index < -0.39 is 61.4 Å². The van der Waals surface area contributed by atoms with Gasteiger partial charge in [0.2, 0.25) is 0 Å². The van der Waals surface area contributed by atoms with Crippen LogP contribution in [0.15, 0.2) is 0 Å². The molecule has 5 N–H and O–H groups in total. The Labute approximate surface area is 687 Å². The van der Waals surface area contributed by atoms with Crippen LogP contribution in [0.3, 0.4) is 0 Å². The molecule has 0 aromatic rings. The SMILES string of the molecule is [2H][C@@H]1C(CO[C@@H]2OC(CC)[C@@H](C)[C@H](O)C2[NH-])O[C@H]([B])C([NH-])[C@H]1C.[CH2-][C@@H](C)F.[CH2-][C@@H](C)O.[CH2-][C@@H](C)O.[CH3-].[Y].[Y].[Y].[Y].[Y].[Y].[Y].[Y].[Y].[Y].[Y].[Y].[Y].[Y].[Y]. The molecule has 50 heavy (non-hydrogen) atoms. The molecule has 2 heterocycles. The quantitative estimate of drug-likeness (QED) is 0.289. The summed E-state index contributed by atoms with van der Waals surface area (Å²) >= 11 is 0. The molecular formula is C25H50BFN2O6Y15-6. The monoisotopic (exact) mass is 1840 g/mol. The Hall–Kier alpha value is 16.2. The molecular weight excluding hydrogens is 1790 g/mol. The zero-order chi connectivity index (χ0) is 28.0. The number of ether oxygens (including phenoxy) is 3. The Morgan fingerprint density at radius 3 is 1.38 bits per heavy atom. The number of aliphatic hydroxyl groups is 3. The third-order valence-corrected chi connectivity index (χ3v) is 4.69. The zero-order valence-corrected chi connectivity index (χ0v) is 73.8. The minimum absolute atomic E-state index is 0. The fourth-order valence-electron chi connectivity index (χ4n) is 3.07. The fraction of sp³-hybridized carbons (Fsp3) is 0.840. The molecule has 13 atom stereocenters. The molecule has 0 spiro atoms. The Morgan fingerprint density at radius 1 is 0.800 bits per heavy atom. The van der Waals surface area contributed by atoms with Crippen LogP contribution in [-0.4, -0.2) is 90.8 Å². The molecule has 17 radical (unpaired) electrons. The maximum Gasteiger partial charge on any atom is 0.144 e. The van der Waals surface area contributed by atoms with Crippen LogP contribution < -0.4 is 0 Å². The van der Waals surface area contributed by atoms with Crippen LogP contribution in [0.4, 0.5) is 4.39 Å². The van der Waals surface area contributed by atoms with Crippen LogP contribution in [0.1, 0.15) is 55.7 Å². The van der Waals surface area contributed by atoms with Crippen LogP contribution >= 0.6 is 0 Å². The van der Waals surface area contributed by atoms with Gasteiger partial charge in [-0.2, -0.15) is 0 Å². The molecule has 2 saturated heterocycles. The van der Waals surface area contributed by atoms with Crippen molar-refractivity contribution >= 4 is 7.85 Å². The summed E-state index contributed by atoms with van der Waals surface area (Å²) in [7, 11) is 5.78. The van der Waals surface area contributed by atoms with E-state index in [-0.39, 0.29) is 523 Å². The van der Waals surface area contributed by atoms with E-state index in [9.17, 15) is 9.50 Å². The molecule has 0 amide bonds. The third-order valence-electron chi connectivity index (χ3n) is 4.69. The second-order valence-corrected chi connectivity index (χ2v) is 8.86. The van der Waals surface area contributed by atoms with Gasteiger partial charge in [0.05, 0.1) is 18.8 Å². The Kier molecular flexibility index (Phi) is 185. The summed E-state index contributed by atoms with van der Waals surface area (Å²) in [5.74, 6) is -0.338. The number of hydrogen-bond acceptors (Lipinski definition) is 6. The van der Waals surface area contributed by atoms with Crippen molar-refractivity contribution in [2.45, 2.75) is 115 Å². The van der Waals surface area contributed by atoms with E-state index in [4.69, 9.17) is 45.1 Å². The first-order chi connectivity index (χ1) is 16.0. The normalized spacial score (nSPS) is 27.5. The van der Waals surface area contributed by atoms with Gasteiger partial charge in [-0.25, -0.2) is 0 Å². The van der Waals surface area contributed by atoms with Gasteiger partial charge < -0.3 is 69.2 Å². The summed E-state index contributed by atoms with van der Waals surface area (Å²) in [6.07, 6.45) is -4.01. The van der Waals surface area contributed by atoms with E-state index in [1.54, 1.807) is 13.8 Å². The van der Waals surface area contributed by atoms with Crippen LogP contribution in [0, 0.1) is 40.0 Å².